The first-order chi connectivity index (χ1) is 15.1. The zero-order valence-corrected chi connectivity index (χ0v) is 18.4. The summed E-state index contributed by atoms with van der Waals surface area (Å²) in [6.07, 6.45) is -2.86. The number of thioether (sulfide) groups is 1. The number of carbonyl (C=O) groups is 1. The number of benzene rings is 2. The fraction of sp³-hybridized carbons (Fsp3) is 0.200. The topological polar surface area (TPSA) is 90.3 Å². The molecule has 0 unspecified atom stereocenters. The second-order valence-electron chi connectivity index (χ2n) is 6.83. The molecule has 0 bridgehead atoms. The van der Waals surface area contributed by atoms with E-state index in [1.807, 2.05) is 4.72 Å². The molecule has 0 radical (unpaired) electrons. The van der Waals surface area contributed by atoms with Crippen LogP contribution in [0.4, 0.5) is 13.2 Å². The second kappa shape index (κ2) is 8.17. The quantitative estimate of drug-likeness (QED) is 0.589. The third-order valence-electron chi connectivity index (χ3n) is 4.79. The van der Waals surface area contributed by atoms with E-state index >= 15 is 0 Å². The highest BCUT2D eigenvalue weighted by Crippen LogP contribution is 2.48. The van der Waals surface area contributed by atoms with Crippen LogP contribution in [0, 0.1) is 5.82 Å². The van der Waals surface area contributed by atoms with Gasteiger partial charge in [-0.2, -0.15) is 5.10 Å². The van der Waals surface area contributed by atoms with Gasteiger partial charge in [0, 0.05) is 23.8 Å². The lowest BCUT2D eigenvalue weighted by molar-refractivity contribution is -0.117. The predicted molar refractivity (Wildman–Crippen MR) is 111 cm³/mol. The van der Waals surface area contributed by atoms with Crippen molar-refractivity contribution in [1.29, 1.82) is 0 Å². The molecular weight excluding hydrogens is 467 g/mol. The maximum absolute atomic E-state index is 14.8. The van der Waals surface area contributed by atoms with Crippen molar-refractivity contribution in [2.24, 2.45) is 0 Å². The summed E-state index contributed by atoms with van der Waals surface area (Å²) in [5.74, 6) is -1.15. The van der Waals surface area contributed by atoms with Crippen LogP contribution >= 0.6 is 11.8 Å². The van der Waals surface area contributed by atoms with Crippen LogP contribution in [-0.4, -0.2) is 31.2 Å². The molecule has 1 aromatic heterocycles. The van der Waals surface area contributed by atoms with Crippen LogP contribution in [0.5, 0.6) is 5.75 Å². The van der Waals surface area contributed by atoms with Gasteiger partial charge >= 0.3 is 0 Å². The fourth-order valence-electron chi connectivity index (χ4n) is 3.41. The average molecular weight is 483 g/mol. The lowest BCUT2D eigenvalue weighted by atomic mass is 10.0. The minimum atomic E-state index is -4.06. The molecule has 7 nitrogen and oxygen atoms in total. The molecule has 1 N–H and O–H groups in total. The largest absolute Gasteiger partial charge is 0.494 e. The Kier molecular flexibility index (Phi) is 5.67. The first-order valence-electron chi connectivity index (χ1n) is 9.17. The Hall–Kier alpha value is -2.99. The lowest BCUT2D eigenvalue weighted by Gasteiger charge is -2.20. The number of nitrogens with zero attached hydrogens (tertiary/aromatic N) is 2. The Morgan fingerprint density at radius 2 is 1.91 bits per heavy atom. The molecule has 12 heteroatoms. The molecule has 168 valence electrons. The van der Waals surface area contributed by atoms with E-state index in [-0.39, 0.29) is 27.0 Å². The molecule has 2 heterocycles. The van der Waals surface area contributed by atoms with E-state index in [0.29, 0.717) is 16.8 Å². The van der Waals surface area contributed by atoms with E-state index in [1.54, 1.807) is 6.07 Å². The van der Waals surface area contributed by atoms with Crippen molar-refractivity contribution in [3.8, 4) is 22.7 Å². The van der Waals surface area contributed by atoms with Gasteiger partial charge in [0.05, 0.1) is 28.3 Å². The fourth-order valence-corrected chi connectivity index (χ4v) is 5.58. The Bertz CT molecular complexity index is 1320. The van der Waals surface area contributed by atoms with Crippen molar-refractivity contribution in [1.82, 2.24) is 14.5 Å². The van der Waals surface area contributed by atoms with Crippen LogP contribution < -0.4 is 9.46 Å². The molecule has 1 amide bonds. The number of sulfonamides is 1. The minimum Gasteiger partial charge on any atom is -0.494 e. The smallest absolute Gasteiger partial charge is 0.283 e. The molecule has 2 aromatic carbocycles. The highest BCUT2D eigenvalue weighted by Gasteiger charge is 2.32. The number of alkyl halides is 2. The van der Waals surface area contributed by atoms with Gasteiger partial charge in [-0.05, 0) is 36.4 Å². The van der Waals surface area contributed by atoms with Gasteiger partial charge in [-0.25, -0.2) is 31.0 Å². The average Bonchev–Trinajstić information content (AvgIpc) is 3.14. The SMILES string of the molecule is COc1ccc2c(c1F)CSc1c(C(F)F)nn(-c3ccc(S(=O)(=O)NC(C)=O)cc3)c1-2. The maximum Gasteiger partial charge on any atom is 0.283 e. The van der Waals surface area contributed by atoms with Crippen LogP contribution in [0.1, 0.15) is 24.6 Å². The van der Waals surface area contributed by atoms with Crippen LogP contribution in [0.15, 0.2) is 46.2 Å². The van der Waals surface area contributed by atoms with Gasteiger partial charge in [0.25, 0.3) is 16.4 Å². The molecule has 1 aliphatic rings. The molecule has 3 aromatic rings. The first kappa shape index (κ1) is 22.2. The van der Waals surface area contributed by atoms with Gasteiger partial charge < -0.3 is 4.74 Å². The van der Waals surface area contributed by atoms with Crippen molar-refractivity contribution in [2.75, 3.05) is 7.11 Å². The summed E-state index contributed by atoms with van der Waals surface area (Å²) in [5, 5.41) is 4.05. The third-order valence-corrected chi connectivity index (χ3v) is 7.36. The zero-order chi connectivity index (χ0) is 23.2. The summed E-state index contributed by atoms with van der Waals surface area (Å²) in [4.78, 5) is 11.2. The number of hydrogen-bond donors (Lipinski definition) is 1. The van der Waals surface area contributed by atoms with Crippen LogP contribution in [-0.2, 0) is 20.6 Å². The summed E-state index contributed by atoms with van der Waals surface area (Å²) >= 11 is 1.05. The molecule has 0 saturated carbocycles. The van der Waals surface area contributed by atoms with E-state index in [9.17, 15) is 26.4 Å². The number of halogens is 3. The summed E-state index contributed by atoms with van der Waals surface area (Å²) in [7, 11) is -2.73. The maximum atomic E-state index is 14.8. The lowest BCUT2D eigenvalue weighted by Crippen LogP contribution is -2.28. The Morgan fingerprint density at radius 1 is 1.22 bits per heavy atom. The highest BCUT2D eigenvalue weighted by molar-refractivity contribution is 7.98. The number of fused-ring (bicyclic) bond motifs is 3. The standard InChI is InChI=1S/C20H16F3N3O4S2/c1-10(27)25-32(28,29)12-5-3-11(4-6-12)26-18-13-7-8-15(30-2)16(21)14(13)9-31-19(18)17(24-26)20(22)23/h3-8,20H,9H2,1-2H3,(H,25,27). The number of amides is 1. The van der Waals surface area contributed by atoms with E-state index in [0.717, 1.165) is 18.7 Å². The second-order valence-corrected chi connectivity index (χ2v) is 9.50. The van der Waals surface area contributed by atoms with E-state index in [1.165, 1.54) is 42.1 Å². The van der Waals surface area contributed by atoms with Crippen LogP contribution in [0.25, 0.3) is 16.9 Å². The monoisotopic (exact) mass is 483 g/mol. The Labute approximate surface area is 185 Å². The molecule has 32 heavy (non-hydrogen) atoms. The number of aromatic nitrogens is 2. The summed E-state index contributed by atoms with van der Waals surface area (Å²) in [6, 6.07) is 8.19. The number of rotatable bonds is 5. The Morgan fingerprint density at radius 3 is 2.50 bits per heavy atom. The van der Waals surface area contributed by atoms with Gasteiger partial charge in [0.2, 0.25) is 5.91 Å². The molecule has 0 fully saturated rings. The predicted octanol–water partition coefficient (Wildman–Crippen LogP) is 4.06. The minimum absolute atomic E-state index is 0.0421. The highest BCUT2D eigenvalue weighted by atomic mass is 32.2. The van der Waals surface area contributed by atoms with Crippen molar-refractivity contribution < 1.29 is 31.1 Å². The normalized spacial score (nSPS) is 12.9. The molecule has 0 atom stereocenters. The van der Waals surface area contributed by atoms with Gasteiger partial charge in [-0.1, -0.05) is 0 Å². The molecule has 0 saturated heterocycles. The number of ether oxygens (including phenoxy) is 1. The molecular formula is C20H16F3N3O4S2. The first-order valence-corrected chi connectivity index (χ1v) is 11.6. The number of carbonyl (C=O) groups excluding carboxylic acids is 1. The van der Waals surface area contributed by atoms with Crippen molar-refractivity contribution >= 4 is 27.7 Å². The van der Waals surface area contributed by atoms with E-state index in [2.05, 4.69) is 5.10 Å². The Balaban J connectivity index is 1.87. The number of nitrogens with one attached hydrogen (secondary N) is 1. The number of hydrogen-bond acceptors (Lipinski definition) is 6. The van der Waals surface area contributed by atoms with Crippen molar-refractivity contribution in [3.05, 3.63) is 53.5 Å². The summed E-state index contributed by atoms with van der Waals surface area (Å²) in [5.41, 5.74) is 0.826. The third kappa shape index (κ3) is 3.73. The van der Waals surface area contributed by atoms with Crippen molar-refractivity contribution in [2.45, 2.75) is 28.9 Å². The molecule has 1 aliphatic heterocycles. The van der Waals surface area contributed by atoms with E-state index < -0.39 is 33.9 Å². The zero-order valence-electron chi connectivity index (χ0n) is 16.7. The van der Waals surface area contributed by atoms with Crippen LogP contribution in [0.3, 0.4) is 0 Å². The molecule has 4 rings (SSSR count). The molecule has 0 spiro atoms. The van der Waals surface area contributed by atoms with Gasteiger partial charge in [-0.15, -0.1) is 11.8 Å². The van der Waals surface area contributed by atoms with Gasteiger partial charge in [0.1, 0.15) is 5.69 Å². The van der Waals surface area contributed by atoms with E-state index in [4.69, 9.17) is 4.74 Å². The van der Waals surface area contributed by atoms with Crippen LogP contribution in [0.2, 0.25) is 0 Å². The van der Waals surface area contributed by atoms with Gasteiger partial charge in [0.15, 0.2) is 11.6 Å². The van der Waals surface area contributed by atoms with Crippen molar-refractivity contribution in [3.63, 3.8) is 0 Å². The summed E-state index contributed by atoms with van der Waals surface area (Å²) in [6.45, 7) is 1.07. The number of methoxy groups -OCH3 is 1. The van der Waals surface area contributed by atoms with Gasteiger partial charge in [-0.3, -0.25) is 4.79 Å². The molecule has 0 aliphatic carbocycles. The summed E-state index contributed by atoms with van der Waals surface area (Å²) < 4.78 is 74.7.